The van der Waals surface area contributed by atoms with E-state index in [2.05, 4.69) is 11.1 Å². The summed E-state index contributed by atoms with van der Waals surface area (Å²) in [5, 5.41) is 12.6. The van der Waals surface area contributed by atoms with E-state index < -0.39 is 5.92 Å². The number of ether oxygens (including phenoxy) is 1. The minimum Gasteiger partial charge on any atom is -0.381 e. The van der Waals surface area contributed by atoms with Gasteiger partial charge in [-0.15, -0.1) is 23.1 Å². The first-order valence-corrected chi connectivity index (χ1v) is 9.82. The molecule has 0 aromatic carbocycles. The Morgan fingerprint density at radius 1 is 1.50 bits per heavy atom. The molecule has 1 aromatic rings. The van der Waals surface area contributed by atoms with Crippen LogP contribution in [0, 0.1) is 24.2 Å². The lowest BCUT2D eigenvalue weighted by molar-refractivity contribution is -0.114. The quantitative estimate of drug-likeness (QED) is 0.707. The summed E-state index contributed by atoms with van der Waals surface area (Å²) >= 11 is 3.16. The smallest absolute Gasteiger partial charge is 0.158 e. The van der Waals surface area contributed by atoms with Crippen LogP contribution in [0.3, 0.4) is 0 Å². The molecule has 6 heteroatoms. The van der Waals surface area contributed by atoms with Crippen LogP contribution < -0.4 is 0 Å². The number of rotatable bonds is 6. The third kappa shape index (κ3) is 3.97. The van der Waals surface area contributed by atoms with Crippen molar-refractivity contribution in [3.63, 3.8) is 0 Å². The fourth-order valence-corrected chi connectivity index (χ4v) is 4.94. The van der Waals surface area contributed by atoms with Gasteiger partial charge >= 0.3 is 0 Å². The number of thioether (sulfide) groups is 1. The lowest BCUT2D eigenvalue weighted by atomic mass is 9.80. The first kappa shape index (κ1) is 18.9. The van der Waals surface area contributed by atoms with Crippen LogP contribution in [0.1, 0.15) is 37.1 Å². The number of aryl methyl sites for hydroxylation is 1. The van der Waals surface area contributed by atoms with Gasteiger partial charge in [0, 0.05) is 34.4 Å². The molecular formula is C18H22N2O2S2. The molecule has 2 atom stereocenters. The highest BCUT2D eigenvalue weighted by molar-refractivity contribution is 8.14. The van der Waals surface area contributed by atoms with Gasteiger partial charge in [0.15, 0.2) is 5.78 Å². The minimum atomic E-state index is -0.420. The number of carbonyl (C=O) groups is 1. The molecule has 1 aliphatic heterocycles. The van der Waals surface area contributed by atoms with E-state index in [4.69, 9.17) is 4.74 Å². The van der Waals surface area contributed by atoms with Gasteiger partial charge in [-0.25, -0.2) is 4.99 Å². The predicted octanol–water partition coefficient (Wildman–Crippen LogP) is 4.32. The monoisotopic (exact) mass is 362 g/mol. The summed E-state index contributed by atoms with van der Waals surface area (Å²) < 4.78 is 5.38. The van der Waals surface area contributed by atoms with Crippen LogP contribution in [-0.4, -0.2) is 29.8 Å². The van der Waals surface area contributed by atoms with E-state index >= 15 is 0 Å². The van der Waals surface area contributed by atoms with E-state index in [0.717, 1.165) is 26.9 Å². The van der Waals surface area contributed by atoms with Gasteiger partial charge in [-0.1, -0.05) is 0 Å². The molecule has 4 nitrogen and oxygen atoms in total. The van der Waals surface area contributed by atoms with Gasteiger partial charge in [0.05, 0.1) is 17.7 Å². The number of thiophene rings is 1. The summed E-state index contributed by atoms with van der Waals surface area (Å²) in [5.74, 6) is 0.104. The van der Waals surface area contributed by atoms with Crippen molar-refractivity contribution in [3.05, 3.63) is 33.2 Å². The van der Waals surface area contributed by atoms with Crippen molar-refractivity contribution >= 4 is 33.9 Å². The molecule has 0 aliphatic carbocycles. The van der Waals surface area contributed by atoms with Crippen molar-refractivity contribution in [3.8, 4) is 6.07 Å². The molecule has 0 saturated carbocycles. The van der Waals surface area contributed by atoms with Crippen molar-refractivity contribution in [1.29, 1.82) is 5.26 Å². The third-order valence-electron chi connectivity index (χ3n) is 3.96. The second-order valence-electron chi connectivity index (χ2n) is 5.60. The number of aliphatic imine (C=N–C) groups is 1. The Kier molecular flexibility index (Phi) is 6.79. The topological polar surface area (TPSA) is 62.4 Å². The summed E-state index contributed by atoms with van der Waals surface area (Å²) in [7, 11) is 0. The van der Waals surface area contributed by atoms with Crippen molar-refractivity contribution in [1.82, 2.24) is 0 Å². The number of nitrogens with zero attached hydrogens (tertiary/aromatic N) is 2. The number of Topliss-reactive ketones (excluding diaryl/α,β-unsaturated/α-hetero) is 1. The number of hydrogen-bond donors (Lipinski definition) is 0. The van der Waals surface area contributed by atoms with E-state index in [9.17, 15) is 10.1 Å². The van der Waals surface area contributed by atoms with Crippen LogP contribution >= 0.6 is 23.1 Å². The summed E-state index contributed by atoms with van der Waals surface area (Å²) in [6.07, 6.45) is 0. The maximum atomic E-state index is 12.2. The number of hydrogen-bond acceptors (Lipinski definition) is 6. The second kappa shape index (κ2) is 8.61. The van der Waals surface area contributed by atoms with Crippen LogP contribution in [0.4, 0.5) is 0 Å². The fraction of sp³-hybridized carbons (Fsp3) is 0.500. The molecule has 2 heterocycles. The zero-order valence-electron chi connectivity index (χ0n) is 14.5. The van der Waals surface area contributed by atoms with Crippen LogP contribution in [0.5, 0.6) is 0 Å². The van der Waals surface area contributed by atoms with E-state index in [1.807, 2.05) is 32.2 Å². The number of nitriles is 1. The Hall–Kier alpha value is -1.42. The predicted molar refractivity (Wildman–Crippen MR) is 101 cm³/mol. The van der Waals surface area contributed by atoms with Crippen LogP contribution in [0.2, 0.25) is 0 Å². The fourth-order valence-electron chi connectivity index (χ4n) is 2.89. The van der Waals surface area contributed by atoms with Crippen molar-refractivity contribution in [2.75, 3.05) is 19.0 Å². The van der Waals surface area contributed by atoms with Gasteiger partial charge in [0.25, 0.3) is 0 Å². The van der Waals surface area contributed by atoms with Gasteiger partial charge in [0.2, 0.25) is 0 Å². The molecule has 0 amide bonds. The molecule has 0 bridgehead atoms. The van der Waals surface area contributed by atoms with E-state index in [0.29, 0.717) is 18.8 Å². The Bertz CT molecular complexity index is 713. The lowest BCUT2D eigenvalue weighted by Gasteiger charge is -2.29. The number of carbonyl (C=O) groups excluding carboxylic acids is 1. The molecule has 1 aliphatic rings. The van der Waals surface area contributed by atoms with E-state index in [1.54, 1.807) is 30.0 Å². The van der Waals surface area contributed by atoms with Gasteiger partial charge in [-0.05, 0) is 44.7 Å². The number of allylic oxidation sites excluding steroid dienone is 2. The van der Waals surface area contributed by atoms with Crippen LogP contribution in [0.25, 0.3) is 0 Å². The number of ketones is 1. The maximum Gasteiger partial charge on any atom is 0.158 e. The van der Waals surface area contributed by atoms with Crippen molar-refractivity contribution < 1.29 is 9.53 Å². The molecule has 1 unspecified atom stereocenters. The summed E-state index contributed by atoms with van der Waals surface area (Å²) in [4.78, 5) is 17.9. The molecule has 1 aromatic heterocycles. The van der Waals surface area contributed by atoms with Crippen molar-refractivity contribution in [2.45, 2.75) is 33.6 Å². The highest BCUT2D eigenvalue weighted by atomic mass is 32.2. The normalized spacial score (nSPS) is 20.7. The third-order valence-corrected chi connectivity index (χ3v) is 6.08. The molecule has 128 valence electrons. The molecule has 0 spiro atoms. The first-order chi connectivity index (χ1) is 11.5. The molecule has 0 saturated heterocycles. The van der Waals surface area contributed by atoms with E-state index in [-0.39, 0.29) is 11.7 Å². The Morgan fingerprint density at radius 3 is 2.79 bits per heavy atom. The van der Waals surface area contributed by atoms with Gasteiger partial charge in [0.1, 0.15) is 5.92 Å². The standard InChI is InChI=1S/C18H22N2O2S2/c1-5-22-7-9-24-18-14(10-19)16(17-11(2)6-8-23-17)15(13(4)21)12(3)20-18/h6,8,14,16H,5,7,9H2,1-4H3/t14?,16-/m1/s1. The molecule has 0 fully saturated rings. The minimum absolute atomic E-state index is 0.00679. The second-order valence-corrected chi connectivity index (χ2v) is 7.67. The average Bonchev–Trinajstić information content (AvgIpc) is 2.96. The van der Waals surface area contributed by atoms with Crippen LogP contribution in [0.15, 0.2) is 27.7 Å². The Labute approximate surface area is 151 Å². The first-order valence-electron chi connectivity index (χ1n) is 7.95. The summed E-state index contributed by atoms with van der Waals surface area (Å²) in [5.41, 5.74) is 2.52. The highest BCUT2D eigenvalue weighted by Gasteiger charge is 2.38. The summed E-state index contributed by atoms with van der Waals surface area (Å²) in [6, 6.07) is 4.43. The zero-order valence-corrected chi connectivity index (χ0v) is 16.1. The largest absolute Gasteiger partial charge is 0.381 e. The maximum absolute atomic E-state index is 12.2. The Balaban J connectivity index is 2.41. The Morgan fingerprint density at radius 2 is 2.25 bits per heavy atom. The van der Waals surface area contributed by atoms with E-state index in [1.165, 1.54) is 0 Å². The SMILES string of the molecule is CCOCCSC1=NC(C)=C(C(C)=O)[C@H](c2sccc2C)C1C#N. The van der Waals surface area contributed by atoms with Gasteiger partial charge in [-0.2, -0.15) is 5.26 Å². The highest BCUT2D eigenvalue weighted by Crippen LogP contribution is 2.44. The molecule has 0 N–H and O–H groups in total. The van der Waals surface area contributed by atoms with Gasteiger partial charge in [-0.3, -0.25) is 4.79 Å². The lowest BCUT2D eigenvalue weighted by Crippen LogP contribution is -2.28. The molecular weight excluding hydrogens is 340 g/mol. The molecule has 24 heavy (non-hydrogen) atoms. The molecule has 2 rings (SSSR count). The van der Waals surface area contributed by atoms with Crippen LogP contribution in [-0.2, 0) is 9.53 Å². The zero-order chi connectivity index (χ0) is 17.7. The summed E-state index contributed by atoms with van der Waals surface area (Å²) in [6.45, 7) is 8.72. The van der Waals surface area contributed by atoms with Gasteiger partial charge < -0.3 is 4.74 Å². The molecule has 0 radical (unpaired) electrons. The average molecular weight is 363 g/mol. The van der Waals surface area contributed by atoms with Crippen molar-refractivity contribution in [2.24, 2.45) is 10.9 Å².